The zero-order valence-electron chi connectivity index (χ0n) is 9.74. The van der Waals surface area contributed by atoms with Gasteiger partial charge >= 0.3 is 0 Å². The van der Waals surface area contributed by atoms with Crippen LogP contribution in [-0.2, 0) is 0 Å². The highest BCUT2D eigenvalue weighted by molar-refractivity contribution is 14.1. The second-order valence-electron chi connectivity index (χ2n) is 3.80. The van der Waals surface area contributed by atoms with Gasteiger partial charge in [0.05, 0.1) is 16.9 Å². The van der Waals surface area contributed by atoms with Gasteiger partial charge in [-0.15, -0.1) is 0 Å². The van der Waals surface area contributed by atoms with Gasteiger partial charge in [0.2, 0.25) is 0 Å². The Hall–Kier alpha value is -0.710. The number of carbonyl (C=O) groups is 1. The highest BCUT2D eigenvalue weighted by atomic mass is 127. The van der Waals surface area contributed by atoms with Crippen molar-refractivity contribution in [1.29, 1.82) is 0 Å². The molecule has 5 nitrogen and oxygen atoms in total. The van der Waals surface area contributed by atoms with Gasteiger partial charge in [0, 0.05) is 5.69 Å². The second-order valence-corrected chi connectivity index (χ2v) is 5.85. The summed E-state index contributed by atoms with van der Waals surface area (Å²) in [6, 6.07) is 1.84. The number of pyridine rings is 1. The summed E-state index contributed by atoms with van der Waals surface area (Å²) in [6.45, 7) is 3.67. The Labute approximate surface area is 131 Å². The minimum atomic E-state index is -0.477. The van der Waals surface area contributed by atoms with Crippen molar-refractivity contribution in [3.63, 3.8) is 0 Å². The Bertz CT molecular complexity index is 636. The van der Waals surface area contributed by atoms with E-state index >= 15 is 0 Å². The summed E-state index contributed by atoms with van der Waals surface area (Å²) in [7, 11) is 0. The number of halogens is 2. The summed E-state index contributed by atoms with van der Waals surface area (Å²) < 4.78 is 3.68. The van der Waals surface area contributed by atoms with Crippen molar-refractivity contribution < 1.29 is 4.79 Å². The Morgan fingerprint density at radius 2 is 2.06 bits per heavy atom. The fourth-order valence-electron chi connectivity index (χ4n) is 1.78. The molecule has 0 fully saturated rings. The van der Waals surface area contributed by atoms with Crippen molar-refractivity contribution in [1.82, 2.24) is 14.5 Å². The molecule has 18 heavy (non-hydrogen) atoms. The molecule has 0 saturated carbocycles. The number of rotatable bonds is 2. The van der Waals surface area contributed by atoms with E-state index in [0.29, 0.717) is 11.3 Å². The van der Waals surface area contributed by atoms with Crippen LogP contribution in [0, 0.1) is 21.2 Å². The van der Waals surface area contributed by atoms with Gasteiger partial charge in [0.1, 0.15) is 13.7 Å². The molecular weight excluding hydrogens is 458 g/mol. The van der Waals surface area contributed by atoms with Crippen LogP contribution in [0.1, 0.15) is 21.7 Å². The molecule has 2 N–H and O–H groups in total. The van der Waals surface area contributed by atoms with Crippen molar-refractivity contribution in [2.45, 2.75) is 13.8 Å². The Kier molecular flexibility index (Phi) is 3.90. The lowest BCUT2D eigenvalue weighted by molar-refractivity contribution is 0.0999. The first-order valence-electron chi connectivity index (χ1n) is 5.08. The van der Waals surface area contributed by atoms with Crippen LogP contribution in [0.3, 0.4) is 0 Å². The predicted molar refractivity (Wildman–Crippen MR) is 84.8 cm³/mol. The summed E-state index contributed by atoms with van der Waals surface area (Å²) in [4.78, 5) is 20.1. The summed E-state index contributed by atoms with van der Waals surface area (Å²) in [5.41, 5.74) is 8.08. The third-order valence-corrected chi connectivity index (χ3v) is 5.33. The number of aromatic nitrogens is 3. The molecule has 0 spiro atoms. The number of hydrogen-bond acceptors (Lipinski definition) is 3. The summed E-state index contributed by atoms with van der Waals surface area (Å²) in [5.74, 6) is -0.477. The second kappa shape index (κ2) is 5.11. The van der Waals surface area contributed by atoms with E-state index in [0.717, 1.165) is 18.8 Å². The van der Waals surface area contributed by atoms with Gasteiger partial charge in [-0.2, -0.15) is 0 Å². The number of hydrogen-bond donors (Lipinski definition) is 1. The number of carbonyl (C=O) groups excluding carboxylic acids is 1. The molecule has 2 heterocycles. The van der Waals surface area contributed by atoms with Crippen molar-refractivity contribution in [2.24, 2.45) is 5.73 Å². The summed E-state index contributed by atoms with van der Waals surface area (Å²) >= 11 is 4.33. The van der Waals surface area contributed by atoms with E-state index in [1.54, 1.807) is 13.3 Å². The Balaban J connectivity index is 2.77. The SMILES string of the molecule is Cc1cc(-n2cnc(I)c2I)c(C(N)=O)c(C)n1. The molecule has 2 rings (SSSR count). The smallest absolute Gasteiger partial charge is 0.252 e. The first-order chi connectivity index (χ1) is 8.41. The number of aryl methyl sites for hydroxylation is 2. The summed E-state index contributed by atoms with van der Waals surface area (Å²) in [5, 5.41) is 0. The predicted octanol–water partition coefficient (Wildman–Crippen LogP) is 2.19. The van der Waals surface area contributed by atoms with E-state index in [1.807, 2.05) is 17.6 Å². The van der Waals surface area contributed by atoms with Gasteiger partial charge in [-0.25, -0.2) is 4.98 Å². The molecule has 2 aromatic rings. The maximum absolute atomic E-state index is 11.6. The van der Waals surface area contributed by atoms with Crippen LogP contribution in [0.4, 0.5) is 0 Å². The van der Waals surface area contributed by atoms with Gasteiger partial charge in [-0.3, -0.25) is 14.3 Å². The highest BCUT2D eigenvalue weighted by Crippen LogP contribution is 2.23. The maximum atomic E-state index is 11.6. The van der Waals surface area contributed by atoms with Crippen molar-refractivity contribution in [3.05, 3.63) is 36.7 Å². The van der Waals surface area contributed by atoms with E-state index in [1.165, 1.54) is 0 Å². The normalized spacial score (nSPS) is 10.7. The van der Waals surface area contributed by atoms with Crippen molar-refractivity contribution >= 4 is 51.1 Å². The summed E-state index contributed by atoms with van der Waals surface area (Å²) in [6.07, 6.45) is 1.68. The third kappa shape index (κ3) is 2.37. The van der Waals surface area contributed by atoms with Crippen LogP contribution < -0.4 is 5.73 Å². The van der Waals surface area contributed by atoms with Crippen molar-refractivity contribution in [2.75, 3.05) is 0 Å². The van der Waals surface area contributed by atoms with E-state index in [4.69, 9.17) is 5.73 Å². The minimum Gasteiger partial charge on any atom is -0.365 e. The maximum Gasteiger partial charge on any atom is 0.252 e. The minimum absolute atomic E-state index is 0.437. The molecule has 0 aliphatic carbocycles. The van der Waals surface area contributed by atoms with E-state index in [2.05, 4.69) is 55.1 Å². The van der Waals surface area contributed by atoms with Crippen LogP contribution >= 0.6 is 45.2 Å². The molecule has 0 atom stereocenters. The Morgan fingerprint density at radius 3 is 2.56 bits per heavy atom. The molecule has 7 heteroatoms. The average molecular weight is 468 g/mol. The largest absolute Gasteiger partial charge is 0.365 e. The molecule has 0 saturated heterocycles. The van der Waals surface area contributed by atoms with Crippen LogP contribution in [0.5, 0.6) is 0 Å². The molecule has 0 bridgehead atoms. The van der Waals surface area contributed by atoms with Gasteiger partial charge < -0.3 is 5.73 Å². The molecule has 1 amide bonds. The third-order valence-electron chi connectivity index (χ3n) is 2.48. The number of nitrogens with two attached hydrogens (primary N) is 1. The lowest BCUT2D eigenvalue weighted by atomic mass is 10.1. The fourth-order valence-corrected chi connectivity index (χ4v) is 2.69. The molecule has 0 unspecified atom stereocenters. The monoisotopic (exact) mass is 468 g/mol. The van der Waals surface area contributed by atoms with Gasteiger partial charge in [0.15, 0.2) is 0 Å². The van der Waals surface area contributed by atoms with E-state index in [-0.39, 0.29) is 0 Å². The van der Waals surface area contributed by atoms with E-state index < -0.39 is 5.91 Å². The highest BCUT2D eigenvalue weighted by Gasteiger charge is 2.17. The Morgan fingerprint density at radius 1 is 1.39 bits per heavy atom. The topological polar surface area (TPSA) is 73.8 Å². The van der Waals surface area contributed by atoms with Crippen LogP contribution in [-0.4, -0.2) is 20.4 Å². The van der Waals surface area contributed by atoms with Crippen LogP contribution in [0.2, 0.25) is 0 Å². The fraction of sp³-hybridized carbons (Fsp3) is 0.182. The number of nitrogens with zero attached hydrogens (tertiary/aromatic N) is 3. The first-order valence-corrected chi connectivity index (χ1v) is 7.24. The molecule has 0 aliphatic rings. The average Bonchev–Trinajstić information content (AvgIpc) is 2.57. The zero-order valence-corrected chi connectivity index (χ0v) is 14.1. The van der Waals surface area contributed by atoms with E-state index in [9.17, 15) is 4.79 Å². The zero-order chi connectivity index (χ0) is 13.4. The molecule has 94 valence electrons. The molecule has 2 aromatic heterocycles. The molecular formula is C11H10I2N4O. The standard InChI is InChI=1S/C11H10I2N4O/c1-5-3-7(8(11(14)18)6(2)16-5)17-4-15-9(12)10(17)13/h3-4H,1-2H3,(H2,14,18). The van der Waals surface area contributed by atoms with Crippen LogP contribution in [0.25, 0.3) is 5.69 Å². The van der Waals surface area contributed by atoms with Crippen molar-refractivity contribution in [3.8, 4) is 5.69 Å². The van der Waals surface area contributed by atoms with Gasteiger partial charge in [-0.05, 0) is 65.1 Å². The number of imidazole rings is 1. The first kappa shape index (κ1) is 13.7. The molecule has 0 radical (unpaired) electrons. The van der Waals surface area contributed by atoms with Gasteiger partial charge in [-0.1, -0.05) is 0 Å². The number of primary amides is 1. The van der Waals surface area contributed by atoms with Gasteiger partial charge in [0.25, 0.3) is 5.91 Å². The van der Waals surface area contributed by atoms with Crippen LogP contribution in [0.15, 0.2) is 12.4 Å². The lowest BCUT2D eigenvalue weighted by Gasteiger charge is -2.12. The quantitative estimate of drug-likeness (QED) is 0.688. The lowest BCUT2D eigenvalue weighted by Crippen LogP contribution is -2.18. The number of amides is 1. The molecule has 0 aliphatic heterocycles. The molecule has 0 aromatic carbocycles.